The van der Waals surface area contributed by atoms with Crippen LogP contribution >= 0.6 is 0 Å². The molecular weight excluding hydrogens is 476 g/mol. The van der Waals surface area contributed by atoms with Crippen molar-refractivity contribution in [3.8, 4) is 0 Å². The normalized spacial score (nSPS) is 54.9. The fraction of sp³-hybridized carbons (Fsp3) is 0.793. The van der Waals surface area contributed by atoms with Crippen molar-refractivity contribution in [3.63, 3.8) is 0 Å². The minimum atomic E-state index is -1.52. The van der Waals surface area contributed by atoms with Crippen molar-refractivity contribution < 1.29 is 39.1 Å². The summed E-state index contributed by atoms with van der Waals surface area (Å²) in [6.45, 7) is 7.51. The monoisotopic (exact) mass is 516 g/mol. The van der Waals surface area contributed by atoms with Crippen molar-refractivity contribution in [2.75, 3.05) is 7.11 Å². The van der Waals surface area contributed by atoms with Crippen LogP contribution < -0.4 is 0 Å². The Morgan fingerprint density at radius 2 is 1.86 bits per heavy atom. The second-order valence-electron chi connectivity index (χ2n) is 13.0. The van der Waals surface area contributed by atoms with E-state index >= 15 is 0 Å². The highest BCUT2D eigenvalue weighted by Crippen LogP contribution is 2.73. The van der Waals surface area contributed by atoms with Crippen LogP contribution in [0.3, 0.4) is 0 Å². The Hall–Kier alpha value is -1.58. The zero-order valence-electron chi connectivity index (χ0n) is 22.4. The van der Waals surface area contributed by atoms with Gasteiger partial charge in [0.05, 0.1) is 17.6 Å². The van der Waals surface area contributed by atoms with Crippen LogP contribution in [0.15, 0.2) is 23.3 Å². The Morgan fingerprint density at radius 3 is 2.54 bits per heavy atom. The lowest BCUT2D eigenvalue weighted by atomic mass is 9.42. The quantitative estimate of drug-likeness (QED) is 0.479. The molecule has 0 aromatic rings. The van der Waals surface area contributed by atoms with Gasteiger partial charge < -0.3 is 29.5 Å². The third kappa shape index (κ3) is 2.91. The van der Waals surface area contributed by atoms with E-state index in [0.29, 0.717) is 37.7 Å². The van der Waals surface area contributed by atoms with Gasteiger partial charge in [-0.2, -0.15) is 0 Å². The molecule has 3 N–H and O–H groups in total. The van der Waals surface area contributed by atoms with E-state index in [-0.39, 0.29) is 41.8 Å². The van der Waals surface area contributed by atoms with Crippen molar-refractivity contribution >= 4 is 11.8 Å². The summed E-state index contributed by atoms with van der Waals surface area (Å²) in [5.41, 5.74) is -2.46. The predicted molar refractivity (Wildman–Crippen MR) is 132 cm³/mol. The number of aliphatic hydroxyl groups excluding tert-OH is 2. The molecule has 8 heteroatoms. The molecule has 4 fully saturated rings. The van der Waals surface area contributed by atoms with Crippen LogP contribution in [0.25, 0.3) is 0 Å². The average Bonchev–Trinajstić information content (AvgIpc) is 3.28. The van der Waals surface area contributed by atoms with E-state index in [1.165, 1.54) is 0 Å². The average molecular weight is 517 g/mol. The molecule has 4 aliphatic carbocycles. The highest BCUT2D eigenvalue weighted by atomic mass is 16.7. The summed E-state index contributed by atoms with van der Waals surface area (Å²) < 4.78 is 18.6. The number of carbonyl (C=O) groups is 2. The summed E-state index contributed by atoms with van der Waals surface area (Å²) in [4.78, 5) is 26.0. The summed E-state index contributed by atoms with van der Waals surface area (Å²) in [7, 11) is 1.61. The van der Waals surface area contributed by atoms with E-state index in [2.05, 4.69) is 0 Å². The van der Waals surface area contributed by atoms with Crippen LogP contribution in [0.5, 0.6) is 0 Å². The highest BCUT2D eigenvalue weighted by Gasteiger charge is 2.77. The van der Waals surface area contributed by atoms with E-state index in [9.17, 15) is 24.9 Å². The Labute approximate surface area is 218 Å². The van der Waals surface area contributed by atoms with Crippen LogP contribution in [0, 0.1) is 34.5 Å². The molecule has 0 amide bonds. The van der Waals surface area contributed by atoms with E-state index in [0.717, 1.165) is 5.57 Å². The first-order valence-electron chi connectivity index (χ1n) is 13.7. The minimum absolute atomic E-state index is 0.136. The van der Waals surface area contributed by atoms with Gasteiger partial charge in [0.25, 0.3) is 0 Å². The van der Waals surface area contributed by atoms with Gasteiger partial charge >= 0.3 is 5.97 Å². The van der Waals surface area contributed by atoms with Gasteiger partial charge in [0.15, 0.2) is 12.1 Å². The first-order chi connectivity index (χ1) is 17.4. The van der Waals surface area contributed by atoms with Gasteiger partial charge in [-0.15, -0.1) is 0 Å². The SMILES string of the molecule is COC1OC(C)(C2CC(C)=C(C)C(=O)O2)C2CC(O)C3C4CC(O)C5(O)CC=CC(=O)C5(C)C4CCC132. The number of carbonyl (C=O) groups excluding carboxylic acids is 2. The maximum Gasteiger partial charge on any atom is 0.334 e. The molecule has 0 radical (unpaired) electrons. The van der Waals surface area contributed by atoms with Gasteiger partial charge in [0.2, 0.25) is 0 Å². The Morgan fingerprint density at radius 1 is 1.14 bits per heavy atom. The van der Waals surface area contributed by atoms with Crippen molar-refractivity contribution in [3.05, 3.63) is 23.3 Å². The van der Waals surface area contributed by atoms with Crippen molar-refractivity contribution in [1.29, 1.82) is 0 Å². The number of rotatable bonds is 2. The molecule has 3 saturated carbocycles. The van der Waals surface area contributed by atoms with Gasteiger partial charge in [-0.05, 0) is 83.6 Å². The maximum absolute atomic E-state index is 13.4. The zero-order chi connectivity index (χ0) is 26.7. The second-order valence-corrected chi connectivity index (χ2v) is 13.0. The second kappa shape index (κ2) is 7.98. The molecule has 37 heavy (non-hydrogen) atoms. The number of aliphatic hydroxyl groups is 3. The number of fused-ring (bicyclic) bond motifs is 4. The smallest absolute Gasteiger partial charge is 0.334 e. The molecule has 2 heterocycles. The largest absolute Gasteiger partial charge is 0.456 e. The van der Waals surface area contributed by atoms with E-state index in [4.69, 9.17) is 14.2 Å². The van der Waals surface area contributed by atoms with E-state index in [1.807, 2.05) is 13.8 Å². The van der Waals surface area contributed by atoms with Crippen LogP contribution in [0.2, 0.25) is 0 Å². The molecule has 8 nitrogen and oxygen atoms in total. The lowest BCUT2D eigenvalue weighted by Gasteiger charge is -2.63. The molecule has 0 bridgehead atoms. The van der Waals surface area contributed by atoms with Gasteiger partial charge in [-0.25, -0.2) is 4.79 Å². The van der Waals surface area contributed by atoms with Crippen molar-refractivity contribution in [2.45, 2.75) is 102 Å². The minimum Gasteiger partial charge on any atom is -0.456 e. The zero-order valence-corrected chi connectivity index (χ0v) is 22.4. The van der Waals surface area contributed by atoms with Gasteiger partial charge in [-0.1, -0.05) is 11.6 Å². The molecular formula is C29H40O8. The topological polar surface area (TPSA) is 123 Å². The standard InChI is InChI=1S/C29H40O8/c1-14-11-22(36-24(33)15(14)2)27(4)19-13-18(30)23-16-12-21(32)29(34)9-6-7-20(31)26(29,3)17(16)8-10-28(19,23)25(35-5)37-27/h6-7,16-19,21-23,25,30,32,34H,8-13H2,1-5H3. The maximum atomic E-state index is 13.4. The molecule has 1 spiro atoms. The number of cyclic esters (lactones) is 1. The highest BCUT2D eigenvalue weighted by molar-refractivity contribution is 5.97. The van der Waals surface area contributed by atoms with Crippen LogP contribution in [0.4, 0.5) is 0 Å². The first kappa shape index (κ1) is 25.7. The molecule has 6 aliphatic rings. The van der Waals surface area contributed by atoms with E-state index < -0.39 is 46.6 Å². The molecule has 1 saturated heterocycles. The summed E-state index contributed by atoms with van der Waals surface area (Å²) in [5, 5.41) is 34.6. The summed E-state index contributed by atoms with van der Waals surface area (Å²) in [5.74, 6) is -1.28. The Bertz CT molecular complexity index is 1100. The van der Waals surface area contributed by atoms with Crippen LogP contribution in [-0.2, 0) is 23.8 Å². The number of ketones is 1. The summed E-state index contributed by atoms with van der Waals surface area (Å²) in [6, 6.07) is 0. The summed E-state index contributed by atoms with van der Waals surface area (Å²) >= 11 is 0. The molecule has 12 atom stereocenters. The molecule has 0 aromatic carbocycles. The number of hydrogen-bond acceptors (Lipinski definition) is 8. The van der Waals surface area contributed by atoms with Crippen molar-refractivity contribution in [2.24, 2.45) is 34.5 Å². The third-order valence-corrected chi connectivity index (χ3v) is 12.0. The third-order valence-electron chi connectivity index (χ3n) is 12.0. The first-order valence-corrected chi connectivity index (χ1v) is 13.7. The fourth-order valence-corrected chi connectivity index (χ4v) is 9.88. The van der Waals surface area contributed by atoms with Crippen LogP contribution in [0.1, 0.15) is 66.2 Å². The number of ether oxygens (including phenoxy) is 3. The lowest BCUT2D eigenvalue weighted by molar-refractivity contribution is -0.259. The Balaban J connectivity index is 1.42. The molecule has 6 rings (SSSR count). The summed E-state index contributed by atoms with van der Waals surface area (Å²) in [6.07, 6.45) is 3.19. The van der Waals surface area contributed by atoms with Gasteiger partial charge in [0.1, 0.15) is 17.3 Å². The van der Waals surface area contributed by atoms with E-state index in [1.54, 1.807) is 33.1 Å². The Kier molecular flexibility index (Phi) is 5.54. The number of allylic oxidation sites excluding steroid dienone is 1. The number of esters is 1. The lowest BCUT2D eigenvalue weighted by Crippen LogP contribution is -2.70. The molecule has 204 valence electrons. The molecule has 12 unspecified atom stereocenters. The number of methoxy groups -OCH3 is 1. The molecule has 0 aromatic heterocycles. The number of hydrogen-bond donors (Lipinski definition) is 3. The van der Waals surface area contributed by atoms with Crippen LogP contribution in [-0.4, -0.2) is 70.0 Å². The van der Waals surface area contributed by atoms with Gasteiger partial charge in [-0.3, -0.25) is 4.79 Å². The predicted octanol–water partition coefficient (Wildman–Crippen LogP) is 2.44. The fourth-order valence-electron chi connectivity index (χ4n) is 9.88. The molecule has 2 aliphatic heterocycles. The van der Waals surface area contributed by atoms with Gasteiger partial charge in [0, 0.05) is 30.4 Å². The van der Waals surface area contributed by atoms with Crippen molar-refractivity contribution in [1.82, 2.24) is 0 Å².